The van der Waals surface area contributed by atoms with E-state index in [1.54, 1.807) is 0 Å². The van der Waals surface area contributed by atoms with Crippen LogP contribution in [0.15, 0.2) is 42.6 Å². The van der Waals surface area contributed by atoms with Crippen LogP contribution in [-0.4, -0.2) is 19.7 Å². The van der Waals surface area contributed by atoms with Crippen LogP contribution in [0.25, 0.3) is 12.2 Å². The highest BCUT2D eigenvalue weighted by Crippen LogP contribution is 2.28. The zero-order chi connectivity index (χ0) is 26.6. The number of unbranched alkanes of at least 4 members (excludes halogenated alkanes) is 11. The number of anilines is 1. The monoisotopic (exact) mass is 507 g/mol. The van der Waals surface area contributed by atoms with E-state index in [4.69, 9.17) is 4.74 Å². The van der Waals surface area contributed by atoms with Crippen molar-refractivity contribution in [2.45, 2.75) is 118 Å². The highest BCUT2D eigenvalue weighted by Gasteiger charge is 2.09. The molecule has 0 aliphatic heterocycles. The van der Waals surface area contributed by atoms with E-state index in [0.29, 0.717) is 0 Å². The highest BCUT2D eigenvalue weighted by molar-refractivity contribution is 5.72. The maximum Gasteiger partial charge on any atom is 0.205 e. The Morgan fingerprint density at radius 2 is 1.35 bits per heavy atom. The van der Waals surface area contributed by atoms with Crippen molar-refractivity contribution in [3.05, 3.63) is 53.9 Å². The van der Waals surface area contributed by atoms with Gasteiger partial charge in [-0.1, -0.05) is 84.5 Å². The second-order valence-corrected chi connectivity index (χ2v) is 10.3. The lowest BCUT2D eigenvalue weighted by Gasteiger charge is -2.22. The third-order valence-corrected chi connectivity index (χ3v) is 7.26. The molecule has 0 spiro atoms. The molecule has 0 amide bonds. The lowest BCUT2D eigenvalue weighted by molar-refractivity contribution is -0.698. The molecule has 0 atom stereocenters. The summed E-state index contributed by atoms with van der Waals surface area (Å²) in [6, 6.07) is 13.1. The molecule has 1 heterocycles. The molecule has 0 N–H and O–H groups in total. The molecule has 0 saturated heterocycles. The molecule has 0 fully saturated rings. The van der Waals surface area contributed by atoms with Gasteiger partial charge in [0.15, 0.2) is 6.20 Å². The molecule has 3 heteroatoms. The molecule has 0 aliphatic rings. The van der Waals surface area contributed by atoms with Gasteiger partial charge in [-0.25, -0.2) is 0 Å². The number of hydrogen-bond acceptors (Lipinski definition) is 2. The zero-order valence-electron chi connectivity index (χ0n) is 24.5. The predicted molar refractivity (Wildman–Crippen MR) is 162 cm³/mol. The van der Waals surface area contributed by atoms with E-state index in [0.717, 1.165) is 50.4 Å². The fraction of sp³-hybridized carbons (Fsp3) is 0.618. The fourth-order valence-corrected chi connectivity index (χ4v) is 4.96. The Morgan fingerprint density at radius 1 is 0.703 bits per heavy atom. The van der Waals surface area contributed by atoms with Crippen molar-refractivity contribution in [2.75, 3.05) is 24.6 Å². The molecular weight excluding hydrogens is 452 g/mol. The average Bonchev–Trinajstić information content (AvgIpc) is 2.92. The SMILES string of the molecule is CCCCCCCCCCCCCCOc1cc(N(CC)CC)ccc1/C=C/c1cccc[n+]1CCC. The van der Waals surface area contributed by atoms with Gasteiger partial charge in [0.25, 0.3) is 0 Å². The van der Waals surface area contributed by atoms with Crippen molar-refractivity contribution in [3.63, 3.8) is 0 Å². The average molecular weight is 508 g/mol. The number of benzene rings is 1. The van der Waals surface area contributed by atoms with E-state index in [2.05, 4.69) is 91.9 Å². The van der Waals surface area contributed by atoms with Crippen LogP contribution in [0.3, 0.4) is 0 Å². The van der Waals surface area contributed by atoms with Crippen molar-refractivity contribution in [3.8, 4) is 5.75 Å². The van der Waals surface area contributed by atoms with E-state index in [1.165, 1.54) is 82.0 Å². The van der Waals surface area contributed by atoms with Gasteiger partial charge >= 0.3 is 0 Å². The van der Waals surface area contributed by atoms with E-state index in [9.17, 15) is 0 Å². The quantitative estimate of drug-likeness (QED) is 0.124. The van der Waals surface area contributed by atoms with E-state index >= 15 is 0 Å². The third kappa shape index (κ3) is 12.2. The van der Waals surface area contributed by atoms with Crippen LogP contribution in [-0.2, 0) is 6.54 Å². The summed E-state index contributed by atoms with van der Waals surface area (Å²) in [5, 5.41) is 0. The van der Waals surface area contributed by atoms with Gasteiger partial charge in [0, 0.05) is 55.0 Å². The largest absolute Gasteiger partial charge is 0.493 e. The number of rotatable bonds is 21. The van der Waals surface area contributed by atoms with Crippen LogP contribution in [0.2, 0.25) is 0 Å². The van der Waals surface area contributed by atoms with Gasteiger partial charge in [0.1, 0.15) is 12.3 Å². The number of ether oxygens (including phenoxy) is 1. The minimum Gasteiger partial charge on any atom is -0.493 e. The van der Waals surface area contributed by atoms with Crippen molar-refractivity contribution in [2.24, 2.45) is 0 Å². The Balaban J connectivity index is 1.86. The summed E-state index contributed by atoms with van der Waals surface area (Å²) in [5.74, 6) is 1.00. The number of nitrogens with zero attached hydrogens (tertiary/aromatic N) is 2. The number of aryl methyl sites for hydroxylation is 1. The molecule has 0 radical (unpaired) electrons. The number of aromatic nitrogens is 1. The molecule has 3 nitrogen and oxygen atoms in total. The van der Waals surface area contributed by atoms with Crippen molar-refractivity contribution in [1.82, 2.24) is 0 Å². The van der Waals surface area contributed by atoms with Crippen molar-refractivity contribution >= 4 is 17.8 Å². The summed E-state index contributed by atoms with van der Waals surface area (Å²) >= 11 is 0. The van der Waals surface area contributed by atoms with Crippen molar-refractivity contribution < 1.29 is 9.30 Å². The van der Waals surface area contributed by atoms with Crippen LogP contribution in [0, 0.1) is 0 Å². The molecular formula is C34H55N2O+. The topological polar surface area (TPSA) is 16.4 Å². The highest BCUT2D eigenvalue weighted by atomic mass is 16.5. The Hall–Kier alpha value is -2.29. The number of hydrogen-bond donors (Lipinski definition) is 0. The van der Waals surface area contributed by atoms with Crippen LogP contribution in [0.5, 0.6) is 5.75 Å². The van der Waals surface area contributed by atoms with Crippen LogP contribution in [0.1, 0.15) is 122 Å². The van der Waals surface area contributed by atoms with Gasteiger partial charge in [0.2, 0.25) is 5.69 Å². The molecule has 2 rings (SSSR count). The first-order chi connectivity index (χ1) is 18.2. The molecule has 0 saturated carbocycles. The minimum absolute atomic E-state index is 0.793. The maximum absolute atomic E-state index is 6.39. The summed E-state index contributed by atoms with van der Waals surface area (Å²) < 4.78 is 8.70. The summed E-state index contributed by atoms with van der Waals surface area (Å²) in [7, 11) is 0. The Kier molecular flexibility index (Phi) is 16.5. The first-order valence-electron chi connectivity index (χ1n) is 15.4. The smallest absolute Gasteiger partial charge is 0.205 e. The summed E-state index contributed by atoms with van der Waals surface area (Å²) in [6.45, 7) is 12.8. The Morgan fingerprint density at radius 3 is 1.97 bits per heavy atom. The van der Waals surface area contributed by atoms with Gasteiger partial charge in [-0.15, -0.1) is 0 Å². The third-order valence-electron chi connectivity index (χ3n) is 7.26. The second-order valence-electron chi connectivity index (χ2n) is 10.3. The van der Waals surface area contributed by atoms with Crippen LogP contribution < -0.4 is 14.2 Å². The zero-order valence-corrected chi connectivity index (χ0v) is 24.5. The summed E-state index contributed by atoms with van der Waals surface area (Å²) in [5.41, 5.74) is 3.62. The van der Waals surface area contributed by atoms with Crippen molar-refractivity contribution in [1.29, 1.82) is 0 Å². The molecule has 2 aromatic rings. The fourth-order valence-electron chi connectivity index (χ4n) is 4.96. The normalized spacial score (nSPS) is 11.4. The lowest BCUT2D eigenvalue weighted by atomic mass is 10.1. The van der Waals surface area contributed by atoms with E-state index in [-0.39, 0.29) is 0 Å². The van der Waals surface area contributed by atoms with Crippen LogP contribution in [0.4, 0.5) is 5.69 Å². The van der Waals surface area contributed by atoms with Gasteiger partial charge in [0.05, 0.1) is 6.61 Å². The minimum atomic E-state index is 0.793. The molecule has 1 aromatic heterocycles. The molecule has 0 unspecified atom stereocenters. The first-order valence-corrected chi connectivity index (χ1v) is 15.4. The van der Waals surface area contributed by atoms with Gasteiger partial charge in [-0.05, 0) is 44.5 Å². The molecule has 0 bridgehead atoms. The Labute approximate surface area is 228 Å². The second kappa shape index (κ2) is 19.8. The van der Waals surface area contributed by atoms with Gasteiger partial charge < -0.3 is 9.64 Å². The van der Waals surface area contributed by atoms with E-state index in [1.807, 2.05) is 0 Å². The van der Waals surface area contributed by atoms with Crippen LogP contribution >= 0.6 is 0 Å². The standard InChI is InChI=1S/C34H55N2O/c1-5-9-10-11-12-13-14-15-16-17-18-21-29-37-34-30-33(35(7-3)8-4)26-24-31(34)23-25-32-22-19-20-28-36(32)27-6-2/h19-20,22-26,28,30H,5-18,21,27,29H2,1-4H3/q+1. The summed E-state index contributed by atoms with van der Waals surface area (Å²) in [6.07, 6.45) is 24.1. The Bertz CT molecular complexity index is 872. The van der Waals surface area contributed by atoms with Gasteiger partial charge in [-0.2, -0.15) is 4.57 Å². The molecule has 206 valence electrons. The lowest BCUT2D eigenvalue weighted by Crippen LogP contribution is -2.35. The predicted octanol–water partition coefficient (Wildman–Crippen LogP) is 9.48. The molecule has 0 aliphatic carbocycles. The molecule has 1 aromatic carbocycles. The van der Waals surface area contributed by atoms with Gasteiger partial charge in [-0.3, -0.25) is 0 Å². The van der Waals surface area contributed by atoms with E-state index < -0.39 is 0 Å². The summed E-state index contributed by atoms with van der Waals surface area (Å²) in [4.78, 5) is 2.39. The first kappa shape index (κ1) is 30.9. The molecule has 37 heavy (non-hydrogen) atoms. The number of pyridine rings is 1. The maximum atomic E-state index is 6.39.